The van der Waals surface area contributed by atoms with Gasteiger partial charge in [0, 0.05) is 6.61 Å². The number of amides is 1. The van der Waals surface area contributed by atoms with Gasteiger partial charge in [-0.25, -0.2) is 0 Å². The van der Waals surface area contributed by atoms with Crippen LogP contribution in [0.2, 0.25) is 0 Å². The number of carbonyl (C=O) groups excluding carboxylic acids is 1. The number of rotatable bonds is 2. The topological polar surface area (TPSA) is 61.4 Å². The van der Waals surface area contributed by atoms with Gasteiger partial charge in [-0.3, -0.25) is 4.79 Å². The number of para-hydroxylation sites is 2. The van der Waals surface area contributed by atoms with Crippen LogP contribution in [0.1, 0.15) is 6.42 Å². The van der Waals surface area contributed by atoms with Crippen molar-refractivity contribution >= 4 is 17.3 Å². The highest BCUT2D eigenvalue weighted by Gasteiger charge is 2.23. The van der Waals surface area contributed by atoms with Gasteiger partial charge in [-0.2, -0.15) is 0 Å². The van der Waals surface area contributed by atoms with E-state index in [0.717, 1.165) is 11.4 Å². The van der Waals surface area contributed by atoms with Crippen molar-refractivity contribution in [3.05, 3.63) is 24.3 Å². The fourth-order valence-corrected chi connectivity index (χ4v) is 1.52. The fraction of sp³-hybridized carbons (Fsp3) is 0.300. The van der Waals surface area contributed by atoms with Crippen LogP contribution in [0.5, 0.6) is 0 Å². The largest absolute Gasteiger partial charge is 0.396 e. The maximum atomic E-state index is 11.5. The van der Waals surface area contributed by atoms with E-state index in [0.29, 0.717) is 6.42 Å². The van der Waals surface area contributed by atoms with E-state index in [9.17, 15) is 4.79 Å². The lowest BCUT2D eigenvalue weighted by Gasteiger charge is -2.26. The molecule has 0 aliphatic carbocycles. The maximum Gasteiger partial charge on any atom is 0.247 e. The van der Waals surface area contributed by atoms with E-state index >= 15 is 0 Å². The number of benzene rings is 1. The van der Waals surface area contributed by atoms with Crippen LogP contribution in [-0.4, -0.2) is 23.7 Å². The van der Waals surface area contributed by atoms with Crippen molar-refractivity contribution in [2.75, 3.05) is 17.2 Å². The van der Waals surface area contributed by atoms with Gasteiger partial charge < -0.3 is 15.7 Å². The maximum absolute atomic E-state index is 11.5. The van der Waals surface area contributed by atoms with E-state index in [1.807, 2.05) is 24.3 Å². The van der Waals surface area contributed by atoms with Crippen LogP contribution in [0.25, 0.3) is 0 Å². The minimum Gasteiger partial charge on any atom is -0.396 e. The highest BCUT2D eigenvalue weighted by molar-refractivity contribution is 6.02. The Hall–Kier alpha value is -1.55. The molecule has 4 nitrogen and oxygen atoms in total. The van der Waals surface area contributed by atoms with Crippen LogP contribution in [0, 0.1) is 0 Å². The Kier molecular flexibility index (Phi) is 2.37. The molecule has 0 saturated carbocycles. The van der Waals surface area contributed by atoms with E-state index in [4.69, 9.17) is 5.11 Å². The first-order chi connectivity index (χ1) is 6.81. The lowest BCUT2D eigenvalue weighted by atomic mass is 10.1. The molecule has 0 saturated heterocycles. The van der Waals surface area contributed by atoms with Gasteiger partial charge in [0.25, 0.3) is 0 Å². The first kappa shape index (κ1) is 9.02. The zero-order valence-electron chi connectivity index (χ0n) is 7.66. The lowest BCUT2D eigenvalue weighted by Crippen LogP contribution is -2.39. The third kappa shape index (κ3) is 1.56. The van der Waals surface area contributed by atoms with E-state index in [1.54, 1.807) is 0 Å². The van der Waals surface area contributed by atoms with Crippen molar-refractivity contribution in [1.82, 2.24) is 0 Å². The number of carbonyl (C=O) groups is 1. The standard InChI is InChI=1S/C10H12N2O2/c13-6-5-9-10(14)12-8-4-2-1-3-7(8)11-9/h1-4,9,11,13H,5-6H2,(H,12,14)/t9-/m1/s1. The summed E-state index contributed by atoms with van der Waals surface area (Å²) in [6.07, 6.45) is 0.431. The summed E-state index contributed by atoms with van der Waals surface area (Å²) in [6.45, 7) is 0.00720. The zero-order valence-corrected chi connectivity index (χ0v) is 7.66. The summed E-state index contributed by atoms with van der Waals surface area (Å²) in [5.74, 6) is -0.0854. The Balaban J connectivity index is 2.22. The number of aliphatic hydroxyl groups is 1. The number of fused-ring (bicyclic) bond motifs is 1. The summed E-state index contributed by atoms with van der Waals surface area (Å²) in [5, 5.41) is 14.6. The minimum atomic E-state index is -0.324. The molecule has 0 radical (unpaired) electrons. The zero-order chi connectivity index (χ0) is 9.97. The molecule has 74 valence electrons. The van der Waals surface area contributed by atoms with Crippen LogP contribution < -0.4 is 10.6 Å². The molecule has 3 N–H and O–H groups in total. The smallest absolute Gasteiger partial charge is 0.247 e. The van der Waals surface area contributed by atoms with Gasteiger partial charge in [-0.15, -0.1) is 0 Å². The van der Waals surface area contributed by atoms with Crippen LogP contribution in [0.4, 0.5) is 11.4 Å². The van der Waals surface area contributed by atoms with E-state index in [-0.39, 0.29) is 18.6 Å². The molecule has 2 rings (SSSR count). The summed E-state index contributed by atoms with van der Waals surface area (Å²) in [4.78, 5) is 11.5. The van der Waals surface area contributed by atoms with Gasteiger partial charge in [0.1, 0.15) is 6.04 Å². The van der Waals surface area contributed by atoms with Crippen LogP contribution in [-0.2, 0) is 4.79 Å². The molecule has 0 spiro atoms. The summed E-state index contributed by atoms with van der Waals surface area (Å²) in [6, 6.07) is 7.19. The van der Waals surface area contributed by atoms with Gasteiger partial charge in [0.2, 0.25) is 5.91 Å². The summed E-state index contributed by atoms with van der Waals surface area (Å²) in [7, 11) is 0. The second kappa shape index (κ2) is 3.67. The van der Waals surface area contributed by atoms with E-state index in [1.165, 1.54) is 0 Å². The van der Waals surface area contributed by atoms with E-state index in [2.05, 4.69) is 10.6 Å². The predicted octanol–water partition coefficient (Wildman–Crippen LogP) is 0.802. The Morgan fingerprint density at radius 3 is 2.71 bits per heavy atom. The normalized spacial score (nSPS) is 19.5. The number of hydrogen-bond donors (Lipinski definition) is 3. The number of nitrogens with one attached hydrogen (secondary N) is 2. The molecule has 0 fully saturated rings. The van der Waals surface area contributed by atoms with E-state index < -0.39 is 0 Å². The summed E-state index contributed by atoms with van der Waals surface area (Å²) < 4.78 is 0. The Labute approximate surface area is 81.9 Å². The molecule has 0 bridgehead atoms. The van der Waals surface area contributed by atoms with Crippen molar-refractivity contribution in [2.24, 2.45) is 0 Å². The van der Waals surface area contributed by atoms with Gasteiger partial charge in [-0.05, 0) is 18.6 Å². The first-order valence-corrected chi connectivity index (χ1v) is 4.58. The highest BCUT2D eigenvalue weighted by Crippen LogP contribution is 2.26. The van der Waals surface area contributed by atoms with Crippen LogP contribution in [0.3, 0.4) is 0 Å². The monoisotopic (exact) mass is 192 g/mol. The molecule has 0 aromatic heterocycles. The molecular formula is C10H12N2O2. The molecule has 1 aliphatic heterocycles. The van der Waals surface area contributed by atoms with Crippen LogP contribution >= 0.6 is 0 Å². The molecule has 4 heteroatoms. The second-order valence-electron chi connectivity index (χ2n) is 3.24. The molecule has 1 heterocycles. The first-order valence-electron chi connectivity index (χ1n) is 4.58. The lowest BCUT2D eigenvalue weighted by molar-refractivity contribution is -0.117. The average Bonchev–Trinajstić information content (AvgIpc) is 2.19. The van der Waals surface area contributed by atoms with Crippen molar-refractivity contribution in [3.63, 3.8) is 0 Å². The Bertz CT molecular complexity index is 352. The minimum absolute atomic E-state index is 0.00720. The molecule has 1 aromatic rings. The van der Waals surface area contributed by atoms with Crippen molar-refractivity contribution in [2.45, 2.75) is 12.5 Å². The third-order valence-corrected chi connectivity index (χ3v) is 2.25. The fourth-order valence-electron chi connectivity index (χ4n) is 1.52. The predicted molar refractivity (Wildman–Crippen MR) is 54.2 cm³/mol. The molecular weight excluding hydrogens is 180 g/mol. The Morgan fingerprint density at radius 2 is 2.00 bits per heavy atom. The molecule has 0 unspecified atom stereocenters. The van der Waals surface area contributed by atoms with Crippen molar-refractivity contribution < 1.29 is 9.90 Å². The van der Waals surface area contributed by atoms with Crippen molar-refractivity contribution in [3.8, 4) is 0 Å². The number of anilines is 2. The Morgan fingerprint density at radius 1 is 1.29 bits per heavy atom. The summed E-state index contributed by atoms with van der Waals surface area (Å²) in [5.41, 5.74) is 1.71. The van der Waals surface area contributed by atoms with Gasteiger partial charge in [0.15, 0.2) is 0 Å². The van der Waals surface area contributed by atoms with Crippen molar-refractivity contribution in [1.29, 1.82) is 0 Å². The number of hydrogen-bond acceptors (Lipinski definition) is 3. The number of aliphatic hydroxyl groups excluding tert-OH is 1. The SMILES string of the molecule is O=C1Nc2ccccc2N[C@@H]1CCO. The average molecular weight is 192 g/mol. The molecule has 14 heavy (non-hydrogen) atoms. The molecule has 1 amide bonds. The second-order valence-corrected chi connectivity index (χ2v) is 3.24. The molecule has 1 atom stereocenters. The van der Waals surface area contributed by atoms with Crippen LogP contribution in [0.15, 0.2) is 24.3 Å². The third-order valence-electron chi connectivity index (χ3n) is 2.25. The quantitative estimate of drug-likeness (QED) is 0.649. The summed E-state index contributed by atoms with van der Waals surface area (Å²) >= 11 is 0. The highest BCUT2D eigenvalue weighted by atomic mass is 16.3. The molecule has 1 aromatic carbocycles. The van der Waals surface area contributed by atoms with Gasteiger partial charge >= 0.3 is 0 Å². The van der Waals surface area contributed by atoms with Gasteiger partial charge in [-0.1, -0.05) is 12.1 Å². The molecule has 1 aliphatic rings. The van der Waals surface area contributed by atoms with Gasteiger partial charge in [0.05, 0.1) is 11.4 Å².